The monoisotopic (exact) mass is 271 g/mol. The zero-order valence-electron chi connectivity index (χ0n) is 9.61. The predicted octanol–water partition coefficient (Wildman–Crippen LogP) is 0.835. The normalized spacial score (nSPS) is 19.6. The zero-order chi connectivity index (χ0) is 13.3. The maximum atomic E-state index is 13.1. The van der Waals surface area contributed by atoms with Gasteiger partial charge in [0.05, 0.1) is 11.8 Å². The van der Waals surface area contributed by atoms with Crippen molar-refractivity contribution in [1.82, 2.24) is 15.2 Å². The Hall–Kier alpha value is -1.69. The molecule has 0 aliphatic carbocycles. The van der Waals surface area contributed by atoms with Crippen LogP contribution in [0, 0.1) is 5.82 Å². The van der Waals surface area contributed by atoms with Crippen molar-refractivity contribution in [3.63, 3.8) is 0 Å². The standard InChI is InChI=1S/C11H11ClFN3O2/c1-6-10(17)14-2-3-16(6)11(18)8-4-7(13)5-15-9(8)12/h4-6H,2-3H2,1H3,(H,14,17). The number of nitrogens with one attached hydrogen (secondary N) is 1. The highest BCUT2D eigenvalue weighted by molar-refractivity contribution is 6.32. The molecule has 1 aliphatic rings. The number of amides is 2. The lowest BCUT2D eigenvalue weighted by atomic mass is 10.1. The molecule has 1 aromatic rings. The first-order valence-corrected chi connectivity index (χ1v) is 5.78. The molecule has 0 saturated carbocycles. The molecule has 2 amide bonds. The minimum atomic E-state index is -0.642. The van der Waals surface area contributed by atoms with Crippen LogP contribution in [0.5, 0.6) is 0 Å². The highest BCUT2D eigenvalue weighted by atomic mass is 35.5. The maximum absolute atomic E-state index is 13.1. The summed E-state index contributed by atoms with van der Waals surface area (Å²) in [5.41, 5.74) is -0.0294. The number of hydrogen-bond donors (Lipinski definition) is 1. The lowest BCUT2D eigenvalue weighted by molar-refractivity contribution is -0.127. The van der Waals surface area contributed by atoms with E-state index in [1.807, 2.05) is 0 Å². The first-order chi connectivity index (χ1) is 8.50. The van der Waals surface area contributed by atoms with Gasteiger partial charge in [0.2, 0.25) is 5.91 Å². The number of nitrogens with zero attached hydrogens (tertiary/aromatic N) is 2. The van der Waals surface area contributed by atoms with Gasteiger partial charge in [0.25, 0.3) is 5.91 Å². The van der Waals surface area contributed by atoms with E-state index in [9.17, 15) is 14.0 Å². The van der Waals surface area contributed by atoms with Crippen molar-refractivity contribution >= 4 is 23.4 Å². The van der Waals surface area contributed by atoms with Gasteiger partial charge in [-0.3, -0.25) is 9.59 Å². The summed E-state index contributed by atoms with van der Waals surface area (Å²) < 4.78 is 13.1. The van der Waals surface area contributed by atoms with E-state index in [2.05, 4.69) is 10.3 Å². The van der Waals surface area contributed by atoms with E-state index in [4.69, 9.17) is 11.6 Å². The first-order valence-electron chi connectivity index (χ1n) is 5.40. The molecular formula is C11H11ClFN3O2. The van der Waals surface area contributed by atoms with Crippen molar-refractivity contribution in [3.8, 4) is 0 Å². The molecule has 1 aliphatic heterocycles. The molecule has 2 rings (SSSR count). The Labute approximate surface area is 108 Å². The topological polar surface area (TPSA) is 62.3 Å². The molecule has 0 bridgehead atoms. The maximum Gasteiger partial charge on any atom is 0.257 e. The van der Waals surface area contributed by atoms with Gasteiger partial charge in [-0.2, -0.15) is 0 Å². The summed E-state index contributed by atoms with van der Waals surface area (Å²) in [6.07, 6.45) is 0.936. The third-order valence-electron chi connectivity index (χ3n) is 2.80. The van der Waals surface area contributed by atoms with Gasteiger partial charge in [0, 0.05) is 13.1 Å². The quantitative estimate of drug-likeness (QED) is 0.770. The summed E-state index contributed by atoms with van der Waals surface area (Å²) in [4.78, 5) is 28.6. The second kappa shape index (κ2) is 4.89. The Balaban J connectivity index is 2.30. The summed E-state index contributed by atoms with van der Waals surface area (Å²) in [5, 5.41) is 2.57. The van der Waals surface area contributed by atoms with E-state index in [1.54, 1.807) is 6.92 Å². The lowest BCUT2D eigenvalue weighted by Gasteiger charge is -2.32. The number of carbonyl (C=O) groups is 2. The molecule has 96 valence electrons. The van der Waals surface area contributed by atoms with Gasteiger partial charge in [-0.15, -0.1) is 0 Å². The van der Waals surface area contributed by atoms with Gasteiger partial charge in [-0.05, 0) is 13.0 Å². The van der Waals surface area contributed by atoms with Gasteiger partial charge < -0.3 is 10.2 Å². The average molecular weight is 272 g/mol. The molecule has 7 heteroatoms. The lowest BCUT2D eigenvalue weighted by Crippen LogP contribution is -2.55. The molecular weight excluding hydrogens is 261 g/mol. The van der Waals surface area contributed by atoms with Gasteiger partial charge in [0.15, 0.2) is 0 Å². The molecule has 1 unspecified atom stereocenters. The van der Waals surface area contributed by atoms with E-state index in [0.29, 0.717) is 13.1 Å². The SMILES string of the molecule is CC1C(=O)NCCN1C(=O)c1cc(F)cnc1Cl. The van der Waals surface area contributed by atoms with Crippen molar-refractivity contribution in [2.45, 2.75) is 13.0 Å². The second-order valence-corrected chi connectivity index (χ2v) is 4.32. The first kappa shape index (κ1) is 12.8. The van der Waals surface area contributed by atoms with Crippen LogP contribution in [0.2, 0.25) is 5.15 Å². The number of rotatable bonds is 1. The van der Waals surface area contributed by atoms with Crippen LogP contribution in [0.4, 0.5) is 4.39 Å². The van der Waals surface area contributed by atoms with Gasteiger partial charge >= 0.3 is 0 Å². The highest BCUT2D eigenvalue weighted by Crippen LogP contribution is 2.18. The summed E-state index contributed by atoms with van der Waals surface area (Å²) in [6.45, 7) is 2.33. The van der Waals surface area contributed by atoms with Crippen LogP contribution in [-0.2, 0) is 4.79 Å². The van der Waals surface area contributed by atoms with Crippen molar-refractivity contribution in [1.29, 1.82) is 0 Å². The fourth-order valence-corrected chi connectivity index (χ4v) is 1.97. The van der Waals surface area contributed by atoms with E-state index in [-0.39, 0.29) is 16.6 Å². The van der Waals surface area contributed by atoms with Crippen LogP contribution in [0.25, 0.3) is 0 Å². The Morgan fingerprint density at radius 3 is 3.11 bits per heavy atom. The molecule has 1 aromatic heterocycles. The molecule has 1 N–H and O–H groups in total. The fraction of sp³-hybridized carbons (Fsp3) is 0.364. The number of aromatic nitrogens is 1. The zero-order valence-corrected chi connectivity index (χ0v) is 10.4. The smallest absolute Gasteiger partial charge is 0.257 e. The molecule has 5 nitrogen and oxygen atoms in total. The molecule has 1 fully saturated rings. The summed E-state index contributed by atoms with van der Waals surface area (Å²) in [6, 6.07) is 0.419. The van der Waals surface area contributed by atoms with E-state index >= 15 is 0 Å². The fourth-order valence-electron chi connectivity index (χ4n) is 1.79. The van der Waals surface area contributed by atoms with Crippen molar-refractivity contribution in [2.24, 2.45) is 0 Å². The van der Waals surface area contributed by atoms with E-state index in [1.165, 1.54) is 4.90 Å². The number of pyridine rings is 1. The molecule has 0 spiro atoms. The Morgan fingerprint density at radius 2 is 2.39 bits per heavy atom. The van der Waals surface area contributed by atoms with Crippen LogP contribution in [0.15, 0.2) is 12.3 Å². The van der Waals surface area contributed by atoms with Crippen LogP contribution in [-0.4, -0.2) is 40.8 Å². The second-order valence-electron chi connectivity index (χ2n) is 3.96. The molecule has 1 saturated heterocycles. The Morgan fingerprint density at radius 1 is 1.67 bits per heavy atom. The van der Waals surface area contributed by atoms with Crippen molar-refractivity contribution in [2.75, 3.05) is 13.1 Å². The predicted molar refractivity (Wildman–Crippen MR) is 62.7 cm³/mol. The molecule has 2 heterocycles. The number of halogens is 2. The molecule has 1 atom stereocenters. The van der Waals surface area contributed by atoms with Crippen LogP contribution in [0.3, 0.4) is 0 Å². The summed E-state index contributed by atoms with van der Waals surface area (Å²) >= 11 is 5.77. The summed E-state index contributed by atoms with van der Waals surface area (Å²) in [7, 11) is 0. The average Bonchev–Trinajstić information content (AvgIpc) is 2.35. The largest absolute Gasteiger partial charge is 0.353 e. The van der Waals surface area contributed by atoms with Crippen LogP contribution < -0.4 is 5.32 Å². The third-order valence-corrected chi connectivity index (χ3v) is 3.10. The van der Waals surface area contributed by atoms with Crippen LogP contribution >= 0.6 is 11.6 Å². The van der Waals surface area contributed by atoms with Crippen molar-refractivity contribution in [3.05, 3.63) is 28.8 Å². The van der Waals surface area contributed by atoms with Gasteiger partial charge in [-0.1, -0.05) is 11.6 Å². The van der Waals surface area contributed by atoms with Gasteiger partial charge in [-0.25, -0.2) is 9.37 Å². The van der Waals surface area contributed by atoms with Gasteiger partial charge in [0.1, 0.15) is 17.0 Å². The minimum Gasteiger partial charge on any atom is -0.353 e. The van der Waals surface area contributed by atoms with Crippen LogP contribution in [0.1, 0.15) is 17.3 Å². The molecule has 0 aromatic carbocycles. The Bertz CT molecular complexity index is 509. The highest BCUT2D eigenvalue weighted by Gasteiger charge is 2.31. The number of hydrogen-bond acceptors (Lipinski definition) is 3. The number of carbonyl (C=O) groups excluding carboxylic acids is 2. The van der Waals surface area contributed by atoms with E-state index in [0.717, 1.165) is 12.3 Å². The number of piperazine rings is 1. The van der Waals surface area contributed by atoms with Crippen molar-refractivity contribution < 1.29 is 14.0 Å². The molecule has 18 heavy (non-hydrogen) atoms. The van der Waals surface area contributed by atoms with E-state index < -0.39 is 17.8 Å². The Kier molecular flexibility index (Phi) is 3.47. The minimum absolute atomic E-state index is 0.0294. The third kappa shape index (κ3) is 2.28. The molecule has 0 radical (unpaired) electrons. The summed E-state index contributed by atoms with van der Waals surface area (Å²) in [5.74, 6) is -1.37.